The lowest BCUT2D eigenvalue weighted by atomic mass is 9.86. The van der Waals surface area contributed by atoms with Crippen molar-refractivity contribution >= 4 is 11.8 Å². The number of nitrogens with one attached hydrogen (secondary N) is 1. The maximum absolute atomic E-state index is 13.3. The monoisotopic (exact) mass is 452 g/mol. The normalized spacial score (nSPS) is 12.2. The first-order valence-electron chi connectivity index (χ1n) is 11.9. The smallest absolute Gasteiger partial charge is 0.242 e. The summed E-state index contributed by atoms with van der Waals surface area (Å²) in [6.07, 6.45) is 2.93. The molecule has 0 aliphatic rings. The third kappa shape index (κ3) is 8.23. The van der Waals surface area contributed by atoms with Gasteiger partial charge in [0, 0.05) is 19.5 Å². The van der Waals surface area contributed by atoms with Crippen molar-refractivity contribution in [2.45, 2.75) is 78.3 Å². The Balaban J connectivity index is 2.13. The van der Waals surface area contributed by atoms with Crippen molar-refractivity contribution in [1.82, 2.24) is 10.2 Å². The van der Waals surface area contributed by atoms with Gasteiger partial charge in [0.2, 0.25) is 11.8 Å². The van der Waals surface area contributed by atoms with Crippen LogP contribution in [0.25, 0.3) is 0 Å². The molecule has 2 rings (SSSR count). The molecule has 2 aromatic rings. The van der Waals surface area contributed by atoms with E-state index < -0.39 is 6.04 Å². The predicted molar refractivity (Wildman–Crippen MR) is 134 cm³/mol. The zero-order valence-corrected chi connectivity index (χ0v) is 21.1. The van der Waals surface area contributed by atoms with E-state index in [0.29, 0.717) is 25.9 Å². The minimum Gasteiger partial charge on any atom is -0.497 e. The molecule has 33 heavy (non-hydrogen) atoms. The van der Waals surface area contributed by atoms with Gasteiger partial charge in [-0.1, -0.05) is 70.5 Å². The van der Waals surface area contributed by atoms with Gasteiger partial charge in [0.15, 0.2) is 0 Å². The molecule has 0 heterocycles. The van der Waals surface area contributed by atoms with E-state index in [4.69, 9.17) is 4.74 Å². The first-order valence-corrected chi connectivity index (χ1v) is 11.9. The summed E-state index contributed by atoms with van der Waals surface area (Å²) in [5, 5.41) is 2.96. The molecule has 0 aliphatic carbocycles. The molecule has 0 radical (unpaired) electrons. The van der Waals surface area contributed by atoms with Gasteiger partial charge in [-0.25, -0.2) is 0 Å². The lowest BCUT2D eigenvalue weighted by Gasteiger charge is -2.29. The Labute approximate surface area is 199 Å². The highest BCUT2D eigenvalue weighted by molar-refractivity contribution is 5.87. The second-order valence-corrected chi connectivity index (χ2v) is 9.64. The summed E-state index contributed by atoms with van der Waals surface area (Å²) in [7, 11) is 1.62. The molecule has 0 unspecified atom stereocenters. The number of hydrogen-bond acceptors (Lipinski definition) is 3. The van der Waals surface area contributed by atoms with Crippen LogP contribution in [-0.4, -0.2) is 36.4 Å². The zero-order valence-electron chi connectivity index (χ0n) is 21.1. The van der Waals surface area contributed by atoms with Crippen LogP contribution < -0.4 is 10.1 Å². The molecule has 180 valence electrons. The molecular weight excluding hydrogens is 412 g/mol. The Hall–Kier alpha value is -2.82. The van der Waals surface area contributed by atoms with Crippen molar-refractivity contribution in [3.8, 4) is 5.75 Å². The molecule has 0 spiro atoms. The number of carbonyl (C=O) groups excluding carboxylic acids is 2. The standard InChI is InChI=1S/C28H40N2O3/c1-7-8-18-29-27(32)21(2)30(20-23-10-9-11-25(19-23)33-6)26(31)17-14-22-12-15-24(16-13-22)28(3,4)5/h9-13,15-16,19,21H,7-8,14,17-18,20H2,1-6H3,(H,29,32)/t21-/m1/s1. The van der Waals surface area contributed by atoms with Crippen molar-refractivity contribution in [3.63, 3.8) is 0 Å². The topological polar surface area (TPSA) is 58.6 Å². The fraction of sp³-hybridized carbons (Fsp3) is 0.500. The highest BCUT2D eigenvalue weighted by Crippen LogP contribution is 2.23. The lowest BCUT2D eigenvalue weighted by molar-refractivity contribution is -0.140. The Morgan fingerprint density at radius 1 is 1.06 bits per heavy atom. The maximum atomic E-state index is 13.3. The molecule has 0 fully saturated rings. The van der Waals surface area contributed by atoms with E-state index in [2.05, 4.69) is 57.3 Å². The van der Waals surface area contributed by atoms with Crippen LogP contribution >= 0.6 is 0 Å². The zero-order chi connectivity index (χ0) is 24.4. The van der Waals surface area contributed by atoms with Crippen LogP contribution in [0.15, 0.2) is 48.5 Å². The molecule has 5 nitrogen and oxygen atoms in total. The number of methoxy groups -OCH3 is 1. The highest BCUT2D eigenvalue weighted by Gasteiger charge is 2.26. The second kappa shape index (κ2) is 12.4. The number of rotatable bonds is 11. The number of amides is 2. The molecule has 1 atom stereocenters. The fourth-order valence-electron chi connectivity index (χ4n) is 3.65. The van der Waals surface area contributed by atoms with Crippen molar-refractivity contribution < 1.29 is 14.3 Å². The average Bonchev–Trinajstić information content (AvgIpc) is 2.80. The van der Waals surface area contributed by atoms with Gasteiger partial charge in [0.05, 0.1) is 7.11 Å². The van der Waals surface area contributed by atoms with Gasteiger partial charge in [-0.2, -0.15) is 0 Å². The Morgan fingerprint density at radius 3 is 2.36 bits per heavy atom. The van der Waals surface area contributed by atoms with E-state index in [9.17, 15) is 9.59 Å². The summed E-state index contributed by atoms with van der Waals surface area (Å²) in [5.41, 5.74) is 3.43. The maximum Gasteiger partial charge on any atom is 0.242 e. The minimum atomic E-state index is -0.552. The Bertz CT molecular complexity index is 900. The number of aryl methyl sites for hydroxylation is 1. The number of hydrogen-bond donors (Lipinski definition) is 1. The van der Waals surface area contributed by atoms with E-state index >= 15 is 0 Å². The molecule has 2 amide bonds. The van der Waals surface area contributed by atoms with Crippen LogP contribution in [0.4, 0.5) is 0 Å². The van der Waals surface area contributed by atoms with Crippen LogP contribution in [0.2, 0.25) is 0 Å². The largest absolute Gasteiger partial charge is 0.497 e. The molecule has 0 saturated carbocycles. The van der Waals surface area contributed by atoms with E-state index in [1.165, 1.54) is 5.56 Å². The fourth-order valence-corrected chi connectivity index (χ4v) is 3.65. The van der Waals surface area contributed by atoms with E-state index in [1.807, 2.05) is 24.3 Å². The van der Waals surface area contributed by atoms with Gasteiger partial charge in [0.1, 0.15) is 11.8 Å². The first-order chi connectivity index (χ1) is 15.7. The number of carbonyl (C=O) groups is 2. The summed E-state index contributed by atoms with van der Waals surface area (Å²) in [5.74, 6) is 0.587. The van der Waals surface area contributed by atoms with Gasteiger partial charge in [0.25, 0.3) is 0 Å². The molecular formula is C28H40N2O3. The molecule has 2 aromatic carbocycles. The first kappa shape index (κ1) is 26.4. The quantitative estimate of drug-likeness (QED) is 0.473. The number of nitrogens with zero attached hydrogens (tertiary/aromatic N) is 1. The number of benzene rings is 2. The van der Waals surface area contributed by atoms with E-state index in [0.717, 1.165) is 29.7 Å². The third-order valence-corrected chi connectivity index (χ3v) is 5.93. The van der Waals surface area contributed by atoms with Gasteiger partial charge in [-0.3, -0.25) is 9.59 Å². The van der Waals surface area contributed by atoms with E-state index in [-0.39, 0.29) is 17.2 Å². The molecule has 1 N–H and O–H groups in total. The van der Waals surface area contributed by atoms with Gasteiger partial charge < -0.3 is 15.0 Å². The second-order valence-electron chi connectivity index (χ2n) is 9.64. The number of ether oxygens (including phenoxy) is 1. The Kier molecular flexibility index (Phi) is 9.95. The summed E-state index contributed by atoms with van der Waals surface area (Å²) < 4.78 is 5.33. The predicted octanol–water partition coefficient (Wildman–Crippen LogP) is 5.26. The lowest BCUT2D eigenvalue weighted by Crippen LogP contribution is -2.47. The summed E-state index contributed by atoms with van der Waals surface area (Å²) in [6.45, 7) is 11.4. The van der Waals surface area contributed by atoms with Crippen molar-refractivity contribution in [3.05, 3.63) is 65.2 Å². The van der Waals surface area contributed by atoms with Gasteiger partial charge >= 0.3 is 0 Å². The van der Waals surface area contributed by atoms with Crippen LogP contribution in [0.3, 0.4) is 0 Å². The van der Waals surface area contributed by atoms with Crippen LogP contribution in [0.1, 0.15) is 70.6 Å². The average molecular weight is 453 g/mol. The summed E-state index contributed by atoms with van der Waals surface area (Å²) in [6, 6.07) is 15.6. The van der Waals surface area contributed by atoms with E-state index in [1.54, 1.807) is 18.9 Å². The van der Waals surface area contributed by atoms with Crippen molar-refractivity contribution in [1.29, 1.82) is 0 Å². The van der Waals surface area contributed by atoms with Crippen molar-refractivity contribution in [2.75, 3.05) is 13.7 Å². The minimum absolute atomic E-state index is 0.0316. The Morgan fingerprint density at radius 2 is 1.76 bits per heavy atom. The molecule has 5 heteroatoms. The highest BCUT2D eigenvalue weighted by atomic mass is 16.5. The van der Waals surface area contributed by atoms with Crippen LogP contribution in [0.5, 0.6) is 5.75 Å². The number of unbranched alkanes of at least 4 members (excludes halogenated alkanes) is 1. The molecule has 0 aromatic heterocycles. The summed E-state index contributed by atoms with van der Waals surface area (Å²) in [4.78, 5) is 27.7. The van der Waals surface area contributed by atoms with Crippen molar-refractivity contribution in [2.24, 2.45) is 0 Å². The molecule has 0 saturated heterocycles. The molecule has 0 aliphatic heterocycles. The third-order valence-electron chi connectivity index (χ3n) is 5.93. The summed E-state index contributed by atoms with van der Waals surface area (Å²) >= 11 is 0. The van der Waals surface area contributed by atoms with Gasteiger partial charge in [-0.05, 0) is 54.0 Å². The SMILES string of the molecule is CCCCNC(=O)[C@@H](C)N(Cc1cccc(OC)c1)C(=O)CCc1ccc(C(C)(C)C)cc1. The van der Waals surface area contributed by atoms with Crippen LogP contribution in [0, 0.1) is 0 Å². The van der Waals surface area contributed by atoms with Gasteiger partial charge in [-0.15, -0.1) is 0 Å². The molecule has 0 bridgehead atoms. The van der Waals surface area contributed by atoms with Crippen LogP contribution in [-0.2, 0) is 28.0 Å².